The minimum atomic E-state index is 0.0147. The van der Waals surface area contributed by atoms with Gasteiger partial charge in [-0.05, 0) is 246 Å². The van der Waals surface area contributed by atoms with Crippen LogP contribution in [0.15, 0.2) is 146 Å². The number of fused-ring (bicyclic) bond motifs is 11. The van der Waals surface area contributed by atoms with E-state index in [9.17, 15) is 0 Å². The van der Waals surface area contributed by atoms with Gasteiger partial charge in [-0.3, -0.25) is 0 Å². The average Bonchev–Trinajstić information content (AvgIpc) is 3.90. The van der Waals surface area contributed by atoms with E-state index in [4.69, 9.17) is 0 Å². The lowest BCUT2D eigenvalue weighted by atomic mass is 9.42. The quantitative estimate of drug-likeness (QED) is 0.160. The van der Waals surface area contributed by atoms with Gasteiger partial charge in [0.15, 0.2) is 0 Å². The number of nitrogens with zero attached hydrogens (tertiary/aromatic N) is 2. The van der Waals surface area contributed by atoms with Crippen molar-refractivity contribution in [2.75, 3.05) is 4.81 Å². The SMILES string of the molecule is Cc1cc2c3c(c1)-n1c4ccc(C56CC7CC(CC(C7)C5)C6)cc4c4cc(C56CC7CC(CC(C7)C5)C6)cc(c41)B3N(c1ccc(-c3ccccc3)cc1)c1cc3sc4cc5ccccc5cc4c3cc1-2. The lowest BCUT2D eigenvalue weighted by Gasteiger charge is -2.57. The third-order valence-corrected chi connectivity index (χ3v) is 21.9. The highest BCUT2D eigenvalue weighted by molar-refractivity contribution is 7.26. The first-order valence-electron chi connectivity index (χ1n) is 27.5. The van der Waals surface area contributed by atoms with Gasteiger partial charge in [0.2, 0.25) is 0 Å². The van der Waals surface area contributed by atoms with E-state index in [0.29, 0.717) is 5.41 Å². The van der Waals surface area contributed by atoms with E-state index in [2.05, 4.69) is 162 Å². The van der Waals surface area contributed by atoms with Crippen LogP contribution in [0.2, 0.25) is 0 Å². The summed E-state index contributed by atoms with van der Waals surface area (Å²) >= 11 is 1.97. The minimum Gasteiger partial charge on any atom is -0.376 e. The molecular weight excluding hydrogens is 876 g/mol. The summed E-state index contributed by atoms with van der Waals surface area (Å²) in [6, 6.07) is 58.3. The Labute approximate surface area is 420 Å². The van der Waals surface area contributed by atoms with Crippen LogP contribution >= 0.6 is 11.3 Å². The maximum atomic E-state index is 2.82. The molecule has 0 unspecified atom stereocenters. The Morgan fingerprint density at radius 2 is 1.07 bits per heavy atom. The van der Waals surface area contributed by atoms with Crippen LogP contribution in [0, 0.1) is 42.4 Å². The van der Waals surface area contributed by atoms with Crippen molar-refractivity contribution < 1.29 is 0 Å². The molecule has 0 saturated heterocycles. The highest BCUT2D eigenvalue weighted by Gasteiger charge is 2.54. The van der Waals surface area contributed by atoms with Gasteiger partial charge in [0.05, 0.1) is 11.0 Å². The second-order valence-corrected chi connectivity index (χ2v) is 26.1. The molecule has 71 heavy (non-hydrogen) atoms. The largest absolute Gasteiger partial charge is 0.376 e. The number of thiophene rings is 1. The van der Waals surface area contributed by atoms with Crippen LogP contribution in [0.25, 0.3) is 80.7 Å². The molecule has 0 N–H and O–H groups in total. The minimum absolute atomic E-state index is 0.0147. The molecule has 2 aliphatic heterocycles. The van der Waals surface area contributed by atoms with Crippen molar-refractivity contribution in [1.82, 2.24) is 4.57 Å². The number of aromatic nitrogens is 1. The predicted octanol–water partition coefficient (Wildman–Crippen LogP) is 16.5. The van der Waals surface area contributed by atoms with Crippen LogP contribution in [-0.4, -0.2) is 11.4 Å². The fourth-order valence-corrected chi connectivity index (χ4v) is 20.0. The summed E-state index contributed by atoms with van der Waals surface area (Å²) in [4.78, 5) is 2.81. The zero-order valence-corrected chi connectivity index (χ0v) is 41.5. The molecule has 2 nitrogen and oxygen atoms in total. The molecule has 4 heteroatoms. The van der Waals surface area contributed by atoms with Gasteiger partial charge >= 0.3 is 6.85 Å². The normalized spacial score (nSPS) is 28.3. The molecule has 0 atom stereocenters. The van der Waals surface area contributed by atoms with Crippen molar-refractivity contribution in [2.45, 2.75) is 94.8 Å². The molecule has 4 heterocycles. The maximum absolute atomic E-state index is 2.82. The van der Waals surface area contributed by atoms with Crippen LogP contribution in [0.3, 0.4) is 0 Å². The summed E-state index contributed by atoms with van der Waals surface area (Å²) in [5, 5.41) is 8.38. The zero-order valence-electron chi connectivity index (χ0n) is 40.7. The molecule has 10 aromatic rings. The van der Waals surface area contributed by atoms with E-state index in [-0.39, 0.29) is 12.3 Å². The van der Waals surface area contributed by atoms with E-state index >= 15 is 0 Å². The van der Waals surface area contributed by atoms with Gasteiger partial charge < -0.3 is 9.38 Å². The van der Waals surface area contributed by atoms with Gasteiger partial charge in [0.25, 0.3) is 0 Å². The molecule has 2 aromatic heterocycles. The number of rotatable bonds is 4. The van der Waals surface area contributed by atoms with Crippen molar-refractivity contribution in [1.29, 1.82) is 0 Å². The van der Waals surface area contributed by atoms with Crippen molar-refractivity contribution in [2.24, 2.45) is 35.5 Å². The van der Waals surface area contributed by atoms with Gasteiger partial charge in [-0.15, -0.1) is 11.3 Å². The van der Waals surface area contributed by atoms with E-state index in [1.807, 2.05) is 11.3 Å². The van der Waals surface area contributed by atoms with Gasteiger partial charge in [0.1, 0.15) is 0 Å². The van der Waals surface area contributed by atoms with Crippen molar-refractivity contribution in [3.8, 4) is 27.9 Å². The van der Waals surface area contributed by atoms with Crippen LogP contribution in [0.4, 0.5) is 11.4 Å². The predicted molar refractivity (Wildman–Crippen MR) is 300 cm³/mol. The standard InChI is InChI=1S/C67H57BN2S/c1-38-17-56-53-30-55-54-25-47-9-5-6-10-48(47)26-62(54)71-63(55)31-60(53)70(51-14-11-46(12-15-51)45-7-3-2-4-8-45)68-58-29-50(67-35-42-22-43(36-67)24-44(23-42)37-67)28-57-52-27-49(66-32-39-19-40(33-66)21-41(20-39)34-66)13-16-59(52)69(65(57)58)61(18-38)64(56)68/h2-18,25-31,39-44H,19-24,32-37H2,1H3. The van der Waals surface area contributed by atoms with Crippen LogP contribution in [-0.2, 0) is 10.8 Å². The number of benzene rings is 8. The van der Waals surface area contributed by atoms with E-state index in [1.54, 1.807) is 11.1 Å². The van der Waals surface area contributed by atoms with Gasteiger partial charge in [-0.1, -0.05) is 84.9 Å². The van der Waals surface area contributed by atoms with Crippen LogP contribution in [0.5, 0.6) is 0 Å². The Hall–Kier alpha value is -6.10. The van der Waals surface area contributed by atoms with Crippen molar-refractivity contribution in [3.05, 3.63) is 162 Å². The summed E-state index contributed by atoms with van der Waals surface area (Å²) in [7, 11) is 0. The Balaban J connectivity index is 0.937. The Kier molecular flexibility index (Phi) is 7.62. The molecule has 0 radical (unpaired) electrons. The molecule has 0 amide bonds. The molecule has 344 valence electrons. The number of hydrogen-bond donors (Lipinski definition) is 0. The van der Waals surface area contributed by atoms with Gasteiger partial charge in [-0.2, -0.15) is 0 Å². The van der Waals surface area contributed by atoms with Crippen LogP contribution < -0.4 is 15.7 Å². The first-order chi connectivity index (χ1) is 34.9. The second-order valence-electron chi connectivity index (χ2n) is 25.0. The summed E-state index contributed by atoms with van der Waals surface area (Å²) in [5.74, 6) is 5.42. The highest BCUT2D eigenvalue weighted by Crippen LogP contribution is 2.63. The first kappa shape index (κ1) is 39.5. The van der Waals surface area contributed by atoms with Gasteiger partial charge in [0, 0.05) is 53.6 Å². The lowest BCUT2D eigenvalue weighted by Crippen LogP contribution is -2.61. The van der Waals surface area contributed by atoms with Crippen molar-refractivity contribution in [3.63, 3.8) is 0 Å². The molecule has 8 fully saturated rings. The molecule has 8 bridgehead atoms. The number of anilines is 2. The summed E-state index contributed by atoms with van der Waals surface area (Å²) < 4.78 is 5.51. The van der Waals surface area contributed by atoms with Gasteiger partial charge in [-0.25, -0.2) is 0 Å². The van der Waals surface area contributed by atoms with E-state index in [0.717, 1.165) is 35.5 Å². The fourth-order valence-electron chi connectivity index (χ4n) is 18.9. The summed E-state index contributed by atoms with van der Waals surface area (Å²) in [5.41, 5.74) is 20.4. The zero-order chi connectivity index (χ0) is 46.1. The van der Waals surface area contributed by atoms with Crippen molar-refractivity contribution >= 4 is 93.2 Å². The Bertz CT molecular complexity index is 3910. The van der Waals surface area contributed by atoms with E-state index in [1.165, 1.54) is 186 Å². The van der Waals surface area contributed by atoms with Crippen LogP contribution in [0.1, 0.15) is 93.7 Å². The Morgan fingerprint density at radius 3 is 1.76 bits per heavy atom. The maximum Gasteiger partial charge on any atom is 0.333 e. The average molecular weight is 933 g/mol. The monoisotopic (exact) mass is 932 g/mol. The third kappa shape index (κ3) is 5.35. The molecule has 0 spiro atoms. The molecule has 20 rings (SSSR count). The number of hydrogen-bond acceptors (Lipinski definition) is 2. The smallest absolute Gasteiger partial charge is 0.333 e. The molecule has 10 aliphatic rings. The lowest BCUT2D eigenvalue weighted by molar-refractivity contribution is -0.00526. The Morgan fingerprint density at radius 1 is 0.479 bits per heavy atom. The molecule has 8 aliphatic carbocycles. The topological polar surface area (TPSA) is 8.17 Å². The fraction of sp³-hybridized carbons (Fsp3) is 0.313. The number of aryl methyl sites for hydroxylation is 1. The first-order valence-corrected chi connectivity index (χ1v) is 28.3. The molecule has 8 aromatic carbocycles. The van der Waals surface area contributed by atoms with E-state index < -0.39 is 0 Å². The molecule has 8 saturated carbocycles. The molecular formula is C67H57BN2S. The second kappa shape index (κ2) is 13.7. The highest BCUT2D eigenvalue weighted by atomic mass is 32.1. The summed E-state index contributed by atoms with van der Waals surface area (Å²) in [6.07, 6.45) is 17.2. The third-order valence-electron chi connectivity index (χ3n) is 20.8. The summed E-state index contributed by atoms with van der Waals surface area (Å²) in [6.45, 7) is 2.37.